The van der Waals surface area contributed by atoms with Crippen LogP contribution in [-0.4, -0.2) is 47.6 Å². The lowest BCUT2D eigenvalue weighted by Crippen LogP contribution is -2.36. The van der Waals surface area contributed by atoms with Crippen molar-refractivity contribution < 1.29 is 14.3 Å². The highest BCUT2D eigenvalue weighted by atomic mass is 16.6. The van der Waals surface area contributed by atoms with Crippen molar-refractivity contribution in [3.63, 3.8) is 0 Å². The van der Waals surface area contributed by atoms with Crippen LogP contribution in [0.15, 0.2) is 47.3 Å². The molecule has 1 aliphatic rings. The van der Waals surface area contributed by atoms with E-state index in [2.05, 4.69) is 15.3 Å². The Balaban J connectivity index is 1.36. The summed E-state index contributed by atoms with van der Waals surface area (Å²) < 4.78 is 11.1. The first-order chi connectivity index (χ1) is 14.5. The zero-order valence-corrected chi connectivity index (χ0v) is 17.0. The van der Waals surface area contributed by atoms with Crippen LogP contribution in [-0.2, 0) is 11.3 Å². The van der Waals surface area contributed by atoms with Gasteiger partial charge in [0.25, 0.3) is 5.56 Å². The van der Waals surface area contributed by atoms with E-state index in [0.29, 0.717) is 42.2 Å². The van der Waals surface area contributed by atoms with E-state index < -0.39 is 0 Å². The number of hydrogen-bond acceptors (Lipinski definition) is 6. The van der Waals surface area contributed by atoms with Crippen molar-refractivity contribution in [1.29, 1.82) is 0 Å². The second kappa shape index (κ2) is 8.54. The molecule has 2 heterocycles. The Labute approximate surface area is 173 Å². The van der Waals surface area contributed by atoms with Gasteiger partial charge in [-0.25, -0.2) is 4.98 Å². The molecule has 0 saturated heterocycles. The van der Waals surface area contributed by atoms with E-state index in [1.807, 2.05) is 38.2 Å². The maximum atomic E-state index is 12.5. The minimum absolute atomic E-state index is 0.122. The normalized spacial score (nSPS) is 14.0. The minimum Gasteiger partial charge on any atom is -0.486 e. The topological polar surface area (TPSA) is 96.6 Å². The summed E-state index contributed by atoms with van der Waals surface area (Å²) in [6, 6.07) is 12.7. The third kappa shape index (κ3) is 4.44. The third-order valence-electron chi connectivity index (χ3n) is 4.94. The van der Waals surface area contributed by atoms with Crippen LogP contribution in [0.25, 0.3) is 10.9 Å². The van der Waals surface area contributed by atoms with Gasteiger partial charge in [0.05, 0.1) is 30.0 Å². The molecular weight excluding hydrogens is 384 g/mol. The maximum Gasteiger partial charge on any atom is 0.258 e. The fourth-order valence-corrected chi connectivity index (χ4v) is 3.47. The number of nitrogens with one attached hydrogen (secondary N) is 2. The lowest BCUT2D eigenvalue weighted by molar-refractivity contribution is -0.122. The Bertz CT molecular complexity index is 1130. The fraction of sp³-hybridized carbons (Fsp3) is 0.318. The zero-order chi connectivity index (χ0) is 21.1. The summed E-state index contributed by atoms with van der Waals surface area (Å²) in [6.45, 7) is 3.51. The maximum absolute atomic E-state index is 12.5. The average molecular weight is 408 g/mol. The largest absolute Gasteiger partial charge is 0.486 e. The first-order valence-corrected chi connectivity index (χ1v) is 9.85. The number of carbonyl (C=O) groups is 1. The first-order valence-electron chi connectivity index (χ1n) is 9.85. The van der Waals surface area contributed by atoms with Gasteiger partial charge in [-0.15, -0.1) is 0 Å². The number of rotatable bonds is 6. The number of aromatic nitrogens is 2. The lowest BCUT2D eigenvalue weighted by Gasteiger charge is -2.22. The molecule has 0 bridgehead atoms. The van der Waals surface area contributed by atoms with Crippen LogP contribution < -0.4 is 20.3 Å². The molecule has 3 aromatic rings. The van der Waals surface area contributed by atoms with Gasteiger partial charge in [-0.1, -0.05) is 18.2 Å². The average Bonchev–Trinajstić information content (AvgIpc) is 2.73. The monoisotopic (exact) mass is 408 g/mol. The highest BCUT2D eigenvalue weighted by Crippen LogP contribution is 2.32. The summed E-state index contributed by atoms with van der Waals surface area (Å²) in [6.07, 6.45) is 0. The van der Waals surface area contributed by atoms with Gasteiger partial charge >= 0.3 is 0 Å². The van der Waals surface area contributed by atoms with Gasteiger partial charge in [-0.05, 0) is 43.8 Å². The number of para-hydroxylation sites is 1. The molecule has 2 aromatic carbocycles. The van der Waals surface area contributed by atoms with Gasteiger partial charge in [0.15, 0.2) is 11.5 Å². The molecule has 156 valence electrons. The molecule has 1 aliphatic heterocycles. The van der Waals surface area contributed by atoms with Crippen molar-refractivity contribution >= 4 is 16.8 Å². The van der Waals surface area contributed by atoms with Crippen LogP contribution in [0.5, 0.6) is 11.5 Å². The predicted molar refractivity (Wildman–Crippen MR) is 113 cm³/mol. The quantitative estimate of drug-likeness (QED) is 0.648. The van der Waals surface area contributed by atoms with E-state index in [1.165, 1.54) is 0 Å². The highest BCUT2D eigenvalue weighted by Gasteiger charge is 2.17. The highest BCUT2D eigenvalue weighted by molar-refractivity contribution is 5.78. The van der Waals surface area contributed by atoms with Gasteiger partial charge in [0, 0.05) is 0 Å². The Hall–Kier alpha value is -3.39. The van der Waals surface area contributed by atoms with Crippen LogP contribution in [0.1, 0.15) is 24.4 Å². The molecule has 0 unspecified atom stereocenters. The molecule has 0 radical (unpaired) electrons. The Morgan fingerprint density at radius 2 is 1.97 bits per heavy atom. The van der Waals surface area contributed by atoms with E-state index in [9.17, 15) is 9.59 Å². The molecule has 30 heavy (non-hydrogen) atoms. The molecule has 8 heteroatoms. The second-order valence-electron chi connectivity index (χ2n) is 7.39. The van der Waals surface area contributed by atoms with Crippen molar-refractivity contribution in [1.82, 2.24) is 20.2 Å². The number of benzene rings is 2. The molecule has 1 amide bonds. The molecule has 4 rings (SSSR count). The summed E-state index contributed by atoms with van der Waals surface area (Å²) in [5, 5.41) is 3.54. The second-order valence-corrected chi connectivity index (χ2v) is 7.39. The number of ether oxygens (including phenoxy) is 2. The van der Waals surface area contributed by atoms with Gasteiger partial charge in [0.1, 0.15) is 19.0 Å². The molecule has 0 spiro atoms. The Morgan fingerprint density at radius 1 is 1.20 bits per heavy atom. The molecule has 0 aliphatic carbocycles. The minimum atomic E-state index is -0.180. The van der Waals surface area contributed by atoms with Gasteiger partial charge in [-0.3, -0.25) is 14.5 Å². The van der Waals surface area contributed by atoms with E-state index in [4.69, 9.17) is 9.47 Å². The van der Waals surface area contributed by atoms with Gasteiger partial charge < -0.3 is 19.8 Å². The summed E-state index contributed by atoms with van der Waals surface area (Å²) in [7, 11) is 1.81. The van der Waals surface area contributed by atoms with Crippen molar-refractivity contribution in [3.05, 3.63) is 64.2 Å². The van der Waals surface area contributed by atoms with Crippen molar-refractivity contribution in [2.75, 3.05) is 26.8 Å². The fourth-order valence-electron chi connectivity index (χ4n) is 3.47. The molecule has 0 fully saturated rings. The summed E-state index contributed by atoms with van der Waals surface area (Å²) in [4.78, 5) is 33.8. The summed E-state index contributed by atoms with van der Waals surface area (Å²) >= 11 is 0. The molecule has 8 nitrogen and oxygen atoms in total. The standard InChI is InChI=1S/C22H24N4O4/c1-14(15-7-8-18-19(11-15)30-10-9-29-18)23-21(27)13-26(2)12-20-24-17-6-4-3-5-16(17)22(28)25-20/h3-8,11,14H,9-10,12-13H2,1-2H3,(H,23,27)(H,24,25,28)/t14-/m0/s1. The predicted octanol–water partition coefficient (Wildman–Crippen LogP) is 2.00. The number of nitrogens with zero attached hydrogens (tertiary/aromatic N) is 2. The number of amides is 1. The van der Waals surface area contributed by atoms with Crippen LogP contribution in [0.2, 0.25) is 0 Å². The lowest BCUT2D eigenvalue weighted by atomic mass is 10.1. The van der Waals surface area contributed by atoms with E-state index in [1.54, 1.807) is 23.1 Å². The number of aromatic amines is 1. The zero-order valence-electron chi connectivity index (χ0n) is 17.0. The van der Waals surface area contributed by atoms with E-state index >= 15 is 0 Å². The SMILES string of the molecule is C[C@H](NC(=O)CN(C)Cc1nc2ccccc2c(=O)[nH]1)c1ccc2c(c1)OCCO2. The Morgan fingerprint density at radius 3 is 2.80 bits per heavy atom. The molecule has 1 atom stereocenters. The van der Waals surface area contributed by atoms with E-state index in [0.717, 1.165) is 11.3 Å². The van der Waals surface area contributed by atoms with Gasteiger partial charge in [0.2, 0.25) is 5.91 Å². The number of carbonyl (C=O) groups excluding carboxylic acids is 1. The van der Waals surface area contributed by atoms with Crippen LogP contribution in [0.4, 0.5) is 0 Å². The molecule has 1 aromatic heterocycles. The van der Waals surface area contributed by atoms with Crippen molar-refractivity contribution in [3.8, 4) is 11.5 Å². The van der Waals surface area contributed by atoms with Crippen LogP contribution in [0.3, 0.4) is 0 Å². The number of hydrogen-bond donors (Lipinski definition) is 2. The summed E-state index contributed by atoms with van der Waals surface area (Å²) in [5.74, 6) is 1.82. The van der Waals surface area contributed by atoms with Crippen molar-refractivity contribution in [2.24, 2.45) is 0 Å². The first kappa shape index (κ1) is 19.9. The van der Waals surface area contributed by atoms with Crippen LogP contribution in [0, 0.1) is 0 Å². The molecule has 0 saturated carbocycles. The smallest absolute Gasteiger partial charge is 0.258 e. The third-order valence-corrected chi connectivity index (χ3v) is 4.94. The number of fused-ring (bicyclic) bond motifs is 2. The molecular formula is C22H24N4O4. The summed E-state index contributed by atoms with van der Waals surface area (Å²) in [5.41, 5.74) is 1.40. The van der Waals surface area contributed by atoms with Gasteiger partial charge in [-0.2, -0.15) is 0 Å². The van der Waals surface area contributed by atoms with Crippen LogP contribution >= 0.6 is 0 Å². The van der Waals surface area contributed by atoms with E-state index in [-0.39, 0.29) is 24.1 Å². The Kier molecular flexibility index (Phi) is 5.67. The number of H-pyrrole nitrogens is 1. The number of likely N-dealkylation sites (N-methyl/N-ethyl adjacent to an activating group) is 1. The van der Waals surface area contributed by atoms with Crippen molar-refractivity contribution in [2.45, 2.75) is 19.5 Å². The molecule has 2 N–H and O–H groups in total.